The van der Waals surface area contributed by atoms with Gasteiger partial charge in [-0.15, -0.1) is 0 Å². The fourth-order valence-corrected chi connectivity index (χ4v) is 10.6. The maximum Gasteiger partial charge on any atom is 0.303 e. The molecule has 0 aromatic rings. The molecule has 0 saturated carbocycles. The van der Waals surface area contributed by atoms with E-state index in [1.54, 1.807) is 0 Å². The molecule has 0 heterocycles. The second-order valence-electron chi connectivity index (χ2n) is 26.0. The van der Waals surface area contributed by atoms with Crippen molar-refractivity contribution < 1.29 is 59.4 Å². The molecule has 0 radical (unpaired) electrons. The normalized spacial score (nSPS) is 10.5. The highest BCUT2D eigenvalue weighted by molar-refractivity contribution is 5.68. The molecule has 0 aliphatic heterocycles. The van der Waals surface area contributed by atoms with E-state index >= 15 is 0 Å². The molecule has 0 saturated heterocycles. The molecular weight excluding hydrogens is 1130 g/mol. The first-order chi connectivity index (χ1) is 43.6. The fourth-order valence-electron chi connectivity index (χ4n) is 10.6. The molecule has 90 heavy (non-hydrogen) atoms. The van der Waals surface area contributed by atoms with Gasteiger partial charge in [0, 0.05) is 38.5 Å². The van der Waals surface area contributed by atoms with Crippen LogP contribution in [0.3, 0.4) is 0 Å². The molecule has 0 rings (SSSR count). The van der Waals surface area contributed by atoms with Gasteiger partial charge in [-0.1, -0.05) is 388 Å². The Morgan fingerprint density at radius 3 is 0.267 bits per heavy atom. The zero-order valence-corrected chi connectivity index (χ0v) is 60.8. The standard InChI is InChI=1S/C18H36O2.C16H32O2.C14H28O2.C12H24O2.C10H20O2.C8H16O2/c1-2-3-4-5-6-7-8-9-10-11-12-13-14-15-16-17-18(19)20;1-2-3-4-5-6-7-8-9-10-11-12-13-14-15-16(17)18;1-2-3-4-5-6-7-8-9-10-11-12-13-14(15)16;1-2-3-4-5-6-7-8-9-10-11-12(13)14;1-2-3-4-5-6-7-8-9-10(11)12;1-2-3-4-5-6-7-8(9)10/h2-17H2,1H3,(H,19,20);2-15H2,1H3,(H,17,18);2-13H2,1H3,(H,15,16);2-11H2,1H3,(H,13,14);2-9H2,1H3,(H,11,12);2-7H2,1H3,(H,9,10). The summed E-state index contributed by atoms with van der Waals surface area (Å²) in [6.07, 6.45) is 77.8. The number of hydrogen-bond donors (Lipinski definition) is 6. The minimum atomic E-state index is -0.670. The van der Waals surface area contributed by atoms with Crippen molar-refractivity contribution in [1.29, 1.82) is 0 Å². The summed E-state index contributed by atoms with van der Waals surface area (Å²) < 4.78 is 0. The van der Waals surface area contributed by atoms with Crippen LogP contribution in [0, 0.1) is 0 Å². The smallest absolute Gasteiger partial charge is 0.303 e. The number of carboxylic acid groups (broad SMARTS) is 6. The van der Waals surface area contributed by atoms with Crippen molar-refractivity contribution in [3.8, 4) is 0 Å². The summed E-state index contributed by atoms with van der Waals surface area (Å²) in [5.41, 5.74) is 0. The average Bonchev–Trinajstić information content (AvgIpc) is 3.51. The third-order valence-corrected chi connectivity index (χ3v) is 16.5. The number of hydrogen-bond acceptors (Lipinski definition) is 6. The van der Waals surface area contributed by atoms with Gasteiger partial charge in [-0.2, -0.15) is 0 Å². The van der Waals surface area contributed by atoms with Gasteiger partial charge in [0.05, 0.1) is 0 Å². The monoisotopic (exact) mass is 1290 g/mol. The topological polar surface area (TPSA) is 224 Å². The molecule has 0 aromatic carbocycles. The Labute approximate surface area is 558 Å². The molecule has 0 atom stereocenters. The molecule has 6 N–H and O–H groups in total. The fraction of sp³-hybridized carbons (Fsp3) is 0.923. The lowest BCUT2D eigenvalue weighted by molar-refractivity contribution is -0.138. The van der Waals surface area contributed by atoms with E-state index in [0.29, 0.717) is 38.5 Å². The lowest BCUT2D eigenvalue weighted by atomic mass is 10.0. The number of carbonyl (C=O) groups is 6. The first kappa shape index (κ1) is 97.9. The summed E-state index contributed by atoms with van der Waals surface area (Å²) in [6.45, 7) is 13.4. The average molecular weight is 1290 g/mol. The van der Waals surface area contributed by atoms with Crippen LogP contribution in [0.5, 0.6) is 0 Å². The molecule has 0 bridgehead atoms. The van der Waals surface area contributed by atoms with Gasteiger partial charge in [0.2, 0.25) is 0 Å². The van der Waals surface area contributed by atoms with Gasteiger partial charge in [0.1, 0.15) is 0 Å². The van der Waals surface area contributed by atoms with Crippen molar-refractivity contribution in [1.82, 2.24) is 0 Å². The Balaban J connectivity index is -0.000000238. The molecule has 540 valence electrons. The van der Waals surface area contributed by atoms with E-state index in [-0.39, 0.29) is 0 Å². The SMILES string of the molecule is CCCCCCCC(=O)O.CCCCCCCCCC(=O)O.CCCCCCCCCCCC(=O)O.CCCCCCCCCCCCCC(=O)O.CCCCCCCCCCCCCCCC(=O)O.CCCCCCCCCCCCCCCCCC(=O)O. The van der Waals surface area contributed by atoms with Crippen LogP contribution in [0.25, 0.3) is 0 Å². The summed E-state index contributed by atoms with van der Waals surface area (Å²) in [5.74, 6) is -3.96. The number of unbranched alkanes of at least 4 members (excludes halogenated alkanes) is 54. The summed E-state index contributed by atoms with van der Waals surface area (Å²) in [7, 11) is 0. The zero-order valence-electron chi connectivity index (χ0n) is 60.8. The summed E-state index contributed by atoms with van der Waals surface area (Å²) >= 11 is 0. The maximum atomic E-state index is 10.3. The Bertz CT molecular complexity index is 1390. The Hall–Kier alpha value is -3.18. The van der Waals surface area contributed by atoms with E-state index in [1.807, 2.05) is 0 Å². The van der Waals surface area contributed by atoms with Gasteiger partial charge < -0.3 is 30.6 Å². The quantitative estimate of drug-likeness (QED) is 0.0313. The second-order valence-corrected chi connectivity index (χ2v) is 26.0. The third-order valence-electron chi connectivity index (χ3n) is 16.5. The van der Waals surface area contributed by atoms with Gasteiger partial charge in [-0.3, -0.25) is 28.8 Å². The Morgan fingerprint density at radius 1 is 0.133 bits per heavy atom. The summed E-state index contributed by atoms with van der Waals surface area (Å²) in [5, 5.41) is 50.5. The van der Waals surface area contributed by atoms with E-state index < -0.39 is 35.8 Å². The van der Waals surface area contributed by atoms with Crippen molar-refractivity contribution >= 4 is 35.8 Å². The largest absolute Gasteiger partial charge is 0.481 e. The first-order valence-corrected chi connectivity index (χ1v) is 38.9. The Kier molecular flexibility index (Phi) is 103. The highest BCUT2D eigenvalue weighted by Crippen LogP contribution is 2.17. The van der Waals surface area contributed by atoms with Crippen LogP contribution in [0.15, 0.2) is 0 Å². The minimum Gasteiger partial charge on any atom is -0.481 e. The van der Waals surface area contributed by atoms with Gasteiger partial charge >= 0.3 is 35.8 Å². The van der Waals surface area contributed by atoms with Crippen LogP contribution >= 0.6 is 0 Å². The summed E-state index contributed by atoms with van der Waals surface area (Å²) in [6, 6.07) is 0. The summed E-state index contributed by atoms with van der Waals surface area (Å²) in [4.78, 5) is 61.3. The van der Waals surface area contributed by atoms with E-state index in [4.69, 9.17) is 30.6 Å². The molecule has 0 aliphatic rings. The predicted molar refractivity (Wildman–Crippen MR) is 385 cm³/mol. The predicted octanol–water partition coefficient (Wildman–Crippen LogP) is 26.3. The van der Waals surface area contributed by atoms with Crippen LogP contribution in [0.2, 0.25) is 0 Å². The highest BCUT2D eigenvalue weighted by Gasteiger charge is 2.02. The molecule has 0 aliphatic carbocycles. The second kappa shape index (κ2) is 94.5. The third kappa shape index (κ3) is 126. The minimum absolute atomic E-state index is 0.337. The van der Waals surface area contributed by atoms with Crippen LogP contribution in [-0.4, -0.2) is 66.5 Å². The Morgan fingerprint density at radius 2 is 0.200 bits per heavy atom. The molecule has 0 spiro atoms. The lowest BCUT2D eigenvalue weighted by Gasteiger charge is -2.03. The van der Waals surface area contributed by atoms with Gasteiger partial charge in [-0.25, -0.2) is 0 Å². The van der Waals surface area contributed by atoms with Gasteiger partial charge in [0.15, 0.2) is 0 Å². The zero-order chi connectivity index (χ0) is 68.1. The molecule has 12 nitrogen and oxygen atoms in total. The van der Waals surface area contributed by atoms with Crippen LogP contribution in [0.1, 0.15) is 465 Å². The van der Waals surface area contributed by atoms with Gasteiger partial charge in [-0.05, 0) is 38.5 Å². The highest BCUT2D eigenvalue weighted by atomic mass is 16.4. The van der Waals surface area contributed by atoms with E-state index in [9.17, 15) is 28.8 Å². The van der Waals surface area contributed by atoms with Crippen molar-refractivity contribution in [2.75, 3.05) is 0 Å². The van der Waals surface area contributed by atoms with Crippen LogP contribution in [0.4, 0.5) is 0 Å². The molecule has 0 fully saturated rings. The molecular formula is C78H156O12. The number of carboxylic acids is 6. The van der Waals surface area contributed by atoms with Crippen molar-refractivity contribution in [2.45, 2.75) is 465 Å². The molecule has 0 unspecified atom stereocenters. The van der Waals surface area contributed by atoms with E-state index in [2.05, 4.69) is 41.5 Å². The molecule has 0 amide bonds. The molecule has 0 aromatic heterocycles. The van der Waals surface area contributed by atoms with Crippen molar-refractivity contribution in [3.63, 3.8) is 0 Å². The molecule has 12 heteroatoms. The maximum absolute atomic E-state index is 10.3. The number of aliphatic carboxylic acids is 6. The van der Waals surface area contributed by atoms with Crippen LogP contribution < -0.4 is 0 Å². The van der Waals surface area contributed by atoms with Crippen molar-refractivity contribution in [2.24, 2.45) is 0 Å². The number of rotatable bonds is 66. The first-order valence-electron chi connectivity index (χ1n) is 38.9. The van der Waals surface area contributed by atoms with Gasteiger partial charge in [0.25, 0.3) is 0 Å². The lowest BCUT2D eigenvalue weighted by Crippen LogP contribution is -1.93. The van der Waals surface area contributed by atoms with E-state index in [0.717, 1.165) is 77.0 Å². The van der Waals surface area contributed by atoms with E-state index in [1.165, 1.54) is 308 Å². The van der Waals surface area contributed by atoms with Crippen LogP contribution in [-0.2, 0) is 28.8 Å². The van der Waals surface area contributed by atoms with Crippen molar-refractivity contribution in [3.05, 3.63) is 0 Å².